The van der Waals surface area contributed by atoms with Crippen LogP contribution in [0.4, 0.5) is 4.39 Å². The summed E-state index contributed by atoms with van der Waals surface area (Å²) in [5.41, 5.74) is 2.14. The van der Waals surface area contributed by atoms with Gasteiger partial charge in [0.05, 0.1) is 0 Å². The van der Waals surface area contributed by atoms with E-state index in [1.807, 2.05) is 49.4 Å². The van der Waals surface area contributed by atoms with E-state index in [-0.39, 0.29) is 5.82 Å². The highest BCUT2D eigenvalue weighted by Gasteiger charge is 2.15. The molecule has 0 aliphatic rings. The van der Waals surface area contributed by atoms with Crippen LogP contribution in [-0.2, 0) is 0 Å². The molecule has 0 spiro atoms. The van der Waals surface area contributed by atoms with Crippen molar-refractivity contribution >= 4 is 26.7 Å². The van der Waals surface area contributed by atoms with Crippen LogP contribution >= 0.6 is 15.9 Å². The van der Waals surface area contributed by atoms with Crippen LogP contribution in [0.15, 0.2) is 59.1 Å². The lowest BCUT2D eigenvalue weighted by atomic mass is 9.95. The van der Waals surface area contributed by atoms with Gasteiger partial charge < -0.3 is 5.11 Å². The Bertz CT molecular complexity index is 793. The predicted molar refractivity (Wildman–Crippen MR) is 86.8 cm³/mol. The van der Waals surface area contributed by atoms with Gasteiger partial charge in [-0.3, -0.25) is 0 Å². The number of aryl methyl sites for hydroxylation is 1. The molecule has 3 heteroatoms. The van der Waals surface area contributed by atoms with Crippen molar-refractivity contribution in [3.05, 3.63) is 81.6 Å². The maximum Gasteiger partial charge on any atom is 0.123 e. The summed E-state index contributed by atoms with van der Waals surface area (Å²) in [5.74, 6) is -0.328. The van der Waals surface area contributed by atoms with Gasteiger partial charge in [-0.1, -0.05) is 52.3 Å². The minimum Gasteiger partial charge on any atom is -0.384 e. The zero-order chi connectivity index (χ0) is 15.0. The van der Waals surface area contributed by atoms with Crippen molar-refractivity contribution in [1.29, 1.82) is 0 Å². The molecular formula is C18H14BrFO. The third kappa shape index (κ3) is 2.71. The van der Waals surface area contributed by atoms with Gasteiger partial charge in [0.2, 0.25) is 0 Å². The maximum atomic E-state index is 13.6. The molecule has 0 saturated heterocycles. The predicted octanol–water partition coefficient (Wildman–Crippen LogP) is 5.13. The number of aliphatic hydroxyl groups is 1. The number of halogens is 2. The number of benzene rings is 3. The average molecular weight is 345 g/mol. The SMILES string of the molecule is Cc1cc(F)cc(C(O)c2ccc(Br)c3ccccc23)c1. The van der Waals surface area contributed by atoms with E-state index in [1.165, 1.54) is 12.1 Å². The van der Waals surface area contributed by atoms with Crippen molar-refractivity contribution in [2.24, 2.45) is 0 Å². The third-order valence-corrected chi connectivity index (χ3v) is 4.27. The fraction of sp³-hybridized carbons (Fsp3) is 0.111. The highest BCUT2D eigenvalue weighted by atomic mass is 79.9. The molecule has 0 radical (unpaired) electrons. The number of aliphatic hydroxyl groups excluding tert-OH is 1. The Kier molecular flexibility index (Phi) is 3.79. The summed E-state index contributed by atoms with van der Waals surface area (Å²) in [7, 11) is 0. The molecule has 1 unspecified atom stereocenters. The summed E-state index contributed by atoms with van der Waals surface area (Å²) in [5, 5.41) is 12.6. The number of rotatable bonds is 2. The summed E-state index contributed by atoms with van der Waals surface area (Å²) in [6.07, 6.45) is -0.850. The van der Waals surface area contributed by atoms with Crippen molar-refractivity contribution in [3.8, 4) is 0 Å². The quantitative estimate of drug-likeness (QED) is 0.683. The van der Waals surface area contributed by atoms with Crippen LogP contribution in [0.1, 0.15) is 22.8 Å². The van der Waals surface area contributed by atoms with E-state index in [0.717, 1.165) is 26.4 Å². The molecule has 0 amide bonds. The van der Waals surface area contributed by atoms with E-state index in [9.17, 15) is 9.50 Å². The highest BCUT2D eigenvalue weighted by molar-refractivity contribution is 9.10. The summed E-state index contributed by atoms with van der Waals surface area (Å²) < 4.78 is 14.5. The zero-order valence-corrected chi connectivity index (χ0v) is 13.1. The largest absolute Gasteiger partial charge is 0.384 e. The summed E-state index contributed by atoms with van der Waals surface area (Å²) in [6, 6.07) is 16.3. The summed E-state index contributed by atoms with van der Waals surface area (Å²) in [4.78, 5) is 0. The van der Waals surface area contributed by atoms with Gasteiger partial charge in [0, 0.05) is 4.47 Å². The Balaban J connectivity index is 2.18. The van der Waals surface area contributed by atoms with Gasteiger partial charge in [-0.25, -0.2) is 4.39 Å². The Morgan fingerprint density at radius 1 is 1.00 bits per heavy atom. The molecule has 0 aliphatic heterocycles. The first-order chi connectivity index (χ1) is 10.1. The average Bonchev–Trinajstić information content (AvgIpc) is 2.46. The number of hydrogen-bond acceptors (Lipinski definition) is 1. The van der Waals surface area contributed by atoms with E-state index in [0.29, 0.717) is 5.56 Å². The Morgan fingerprint density at radius 3 is 2.43 bits per heavy atom. The van der Waals surface area contributed by atoms with E-state index in [4.69, 9.17) is 0 Å². The number of hydrogen-bond donors (Lipinski definition) is 1. The molecule has 3 aromatic rings. The Labute approximate surface area is 131 Å². The van der Waals surface area contributed by atoms with Gasteiger partial charge in [-0.05, 0) is 52.6 Å². The Morgan fingerprint density at radius 2 is 1.71 bits per heavy atom. The topological polar surface area (TPSA) is 20.2 Å². The summed E-state index contributed by atoms with van der Waals surface area (Å²) >= 11 is 3.52. The molecule has 0 bridgehead atoms. The maximum absolute atomic E-state index is 13.6. The first-order valence-corrected chi connectivity index (χ1v) is 7.48. The molecule has 1 N–H and O–H groups in total. The second-order valence-corrected chi connectivity index (χ2v) is 6.00. The monoisotopic (exact) mass is 344 g/mol. The van der Waals surface area contributed by atoms with Crippen molar-refractivity contribution in [3.63, 3.8) is 0 Å². The van der Waals surface area contributed by atoms with Crippen LogP contribution < -0.4 is 0 Å². The second-order valence-electron chi connectivity index (χ2n) is 5.15. The van der Waals surface area contributed by atoms with E-state index in [2.05, 4.69) is 15.9 Å². The molecule has 21 heavy (non-hydrogen) atoms. The molecule has 0 aromatic heterocycles. The Hall–Kier alpha value is -1.71. The van der Waals surface area contributed by atoms with Crippen LogP contribution in [0.3, 0.4) is 0 Å². The normalized spacial score (nSPS) is 12.6. The van der Waals surface area contributed by atoms with Crippen molar-refractivity contribution in [1.82, 2.24) is 0 Å². The van der Waals surface area contributed by atoms with Crippen LogP contribution in [0.5, 0.6) is 0 Å². The van der Waals surface area contributed by atoms with Crippen LogP contribution in [-0.4, -0.2) is 5.11 Å². The molecule has 0 heterocycles. The molecule has 0 aliphatic carbocycles. The minimum atomic E-state index is -0.850. The van der Waals surface area contributed by atoms with Gasteiger partial charge in [-0.15, -0.1) is 0 Å². The molecule has 0 saturated carbocycles. The van der Waals surface area contributed by atoms with Crippen molar-refractivity contribution in [2.45, 2.75) is 13.0 Å². The third-order valence-electron chi connectivity index (χ3n) is 3.58. The van der Waals surface area contributed by atoms with E-state index >= 15 is 0 Å². The smallest absolute Gasteiger partial charge is 0.123 e. The fourth-order valence-corrected chi connectivity index (χ4v) is 3.10. The molecule has 106 valence electrons. The molecule has 0 fully saturated rings. The lowest BCUT2D eigenvalue weighted by Gasteiger charge is -2.16. The van der Waals surface area contributed by atoms with Gasteiger partial charge in [0.25, 0.3) is 0 Å². The molecule has 3 rings (SSSR count). The van der Waals surface area contributed by atoms with Crippen LogP contribution in [0, 0.1) is 12.7 Å². The zero-order valence-electron chi connectivity index (χ0n) is 11.5. The standard InChI is InChI=1S/C18H14BrFO/c1-11-8-12(10-13(20)9-11)18(21)16-6-7-17(19)15-5-3-2-4-14(15)16/h2-10,18,21H,1H3. The van der Waals surface area contributed by atoms with Crippen LogP contribution in [0.2, 0.25) is 0 Å². The summed E-state index contributed by atoms with van der Waals surface area (Å²) in [6.45, 7) is 1.82. The highest BCUT2D eigenvalue weighted by Crippen LogP contribution is 2.33. The lowest BCUT2D eigenvalue weighted by molar-refractivity contribution is 0.221. The molecular weight excluding hydrogens is 331 g/mol. The minimum absolute atomic E-state index is 0.328. The number of fused-ring (bicyclic) bond motifs is 1. The second kappa shape index (κ2) is 5.58. The van der Waals surface area contributed by atoms with Crippen molar-refractivity contribution < 1.29 is 9.50 Å². The molecule has 1 atom stereocenters. The van der Waals surface area contributed by atoms with Gasteiger partial charge in [-0.2, -0.15) is 0 Å². The van der Waals surface area contributed by atoms with E-state index < -0.39 is 6.10 Å². The first-order valence-electron chi connectivity index (χ1n) is 6.68. The van der Waals surface area contributed by atoms with Crippen LogP contribution in [0.25, 0.3) is 10.8 Å². The van der Waals surface area contributed by atoms with Gasteiger partial charge in [0.15, 0.2) is 0 Å². The molecule has 1 nitrogen and oxygen atoms in total. The first kappa shape index (κ1) is 14.2. The fourth-order valence-electron chi connectivity index (χ4n) is 2.63. The van der Waals surface area contributed by atoms with Gasteiger partial charge >= 0.3 is 0 Å². The van der Waals surface area contributed by atoms with E-state index in [1.54, 1.807) is 0 Å². The lowest BCUT2D eigenvalue weighted by Crippen LogP contribution is -2.02. The van der Waals surface area contributed by atoms with Crippen molar-refractivity contribution in [2.75, 3.05) is 0 Å². The van der Waals surface area contributed by atoms with Gasteiger partial charge in [0.1, 0.15) is 11.9 Å². The molecule has 3 aromatic carbocycles.